The van der Waals surface area contributed by atoms with Gasteiger partial charge >= 0.3 is 0 Å². The van der Waals surface area contributed by atoms with E-state index < -0.39 is 22.2 Å². The lowest BCUT2D eigenvalue weighted by Gasteiger charge is -2.02. The Hall–Kier alpha value is -1.48. The van der Waals surface area contributed by atoms with Crippen molar-refractivity contribution in [2.75, 3.05) is 0 Å². The van der Waals surface area contributed by atoms with Crippen LogP contribution >= 0.6 is 0 Å². The summed E-state index contributed by atoms with van der Waals surface area (Å²) in [5, 5.41) is 0.00893. The zero-order chi connectivity index (χ0) is 13.1. The Morgan fingerprint density at radius 1 is 0.778 bits per heavy atom. The molecule has 94 valence electrons. The predicted molar refractivity (Wildman–Crippen MR) is 65.5 cm³/mol. The fourth-order valence-corrected chi connectivity index (χ4v) is 2.05. The van der Waals surface area contributed by atoms with Crippen molar-refractivity contribution < 1.29 is 17.5 Å². The summed E-state index contributed by atoms with van der Waals surface area (Å²) >= 11 is -4.35. The SMILES string of the molecule is O=S(O)c1cccc(-c2cccc(S(=O)O)n2)n1. The highest BCUT2D eigenvalue weighted by Gasteiger charge is 2.08. The Labute approximate surface area is 108 Å². The zero-order valence-electron chi connectivity index (χ0n) is 8.89. The van der Waals surface area contributed by atoms with Crippen LogP contribution in [0.15, 0.2) is 46.5 Å². The lowest BCUT2D eigenvalue weighted by atomic mass is 10.2. The summed E-state index contributed by atoms with van der Waals surface area (Å²) in [5.74, 6) is 0. The van der Waals surface area contributed by atoms with Gasteiger partial charge in [-0.05, 0) is 24.3 Å². The van der Waals surface area contributed by atoms with Gasteiger partial charge in [0.1, 0.15) is 0 Å². The van der Waals surface area contributed by atoms with Gasteiger partial charge in [-0.15, -0.1) is 0 Å². The first-order valence-corrected chi connectivity index (χ1v) is 6.95. The first kappa shape index (κ1) is 13.0. The number of pyridine rings is 2. The number of hydrogen-bond donors (Lipinski definition) is 2. The summed E-state index contributed by atoms with van der Waals surface area (Å²) in [6.07, 6.45) is 0. The van der Waals surface area contributed by atoms with E-state index in [2.05, 4.69) is 9.97 Å². The van der Waals surface area contributed by atoms with Gasteiger partial charge < -0.3 is 9.11 Å². The fraction of sp³-hybridized carbons (Fsp3) is 0. The maximum atomic E-state index is 10.9. The summed E-state index contributed by atoms with van der Waals surface area (Å²) < 4.78 is 39.7. The molecule has 2 N–H and O–H groups in total. The summed E-state index contributed by atoms with van der Waals surface area (Å²) in [6, 6.07) is 9.15. The summed E-state index contributed by atoms with van der Waals surface area (Å²) in [4.78, 5) is 7.90. The Kier molecular flexibility index (Phi) is 3.92. The minimum atomic E-state index is -2.18. The van der Waals surface area contributed by atoms with Crippen LogP contribution in [0.1, 0.15) is 0 Å². The molecule has 0 aliphatic carbocycles. The molecule has 0 saturated carbocycles. The van der Waals surface area contributed by atoms with Crippen LogP contribution in [0.25, 0.3) is 11.4 Å². The predicted octanol–water partition coefficient (Wildman–Crippen LogP) is 1.30. The molecule has 0 saturated heterocycles. The molecule has 2 aromatic heterocycles. The van der Waals surface area contributed by atoms with Crippen molar-refractivity contribution in [1.82, 2.24) is 9.97 Å². The van der Waals surface area contributed by atoms with Crippen LogP contribution in [0, 0.1) is 0 Å². The average molecular weight is 284 g/mol. The van der Waals surface area contributed by atoms with E-state index in [1.807, 2.05) is 0 Å². The minimum Gasteiger partial charge on any atom is -0.301 e. The van der Waals surface area contributed by atoms with Crippen LogP contribution in [0.4, 0.5) is 0 Å². The lowest BCUT2D eigenvalue weighted by Crippen LogP contribution is -1.98. The van der Waals surface area contributed by atoms with Crippen molar-refractivity contribution in [3.8, 4) is 11.4 Å². The van der Waals surface area contributed by atoms with E-state index in [1.54, 1.807) is 24.3 Å². The summed E-state index contributed by atoms with van der Waals surface area (Å²) in [5.41, 5.74) is 0.726. The van der Waals surface area contributed by atoms with Crippen molar-refractivity contribution in [3.63, 3.8) is 0 Å². The Bertz CT molecular complexity index is 577. The number of nitrogens with zero attached hydrogens (tertiary/aromatic N) is 2. The summed E-state index contributed by atoms with van der Waals surface area (Å²) in [7, 11) is 0. The summed E-state index contributed by atoms with van der Waals surface area (Å²) in [6.45, 7) is 0. The molecule has 0 spiro atoms. The van der Waals surface area contributed by atoms with Gasteiger partial charge in [-0.3, -0.25) is 0 Å². The highest BCUT2D eigenvalue weighted by molar-refractivity contribution is 7.79. The van der Waals surface area contributed by atoms with Gasteiger partial charge in [-0.25, -0.2) is 18.4 Å². The Morgan fingerprint density at radius 2 is 1.17 bits per heavy atom. The number of aromatic nitrogens is 2. The van der Waals surface area contributed by atoms with Crippen LogP contribution in [-0.4, -0.2) is 27.5 Å². The Balaban J connectivity index is 2.48. The van der Waals surface area contributed by atoms with E-state index in [0.29, 0.717) is 11.4 Å². The molecule has 0 amide bonds. The minimum absolute atomic E-state index is 0.00447. The van der Waals surface area contributed by atoms with Gasteiger partial charge in [-0.2, -0.15) is 0 Å². The third kappa shape index (κ3) is 2.85. The highest BCUT2D eigenvalue weighted by Crippen LogP contribution is 2.17. The lowest BCUT2D eigenvalue weighted by molar-refractivity contribution is 0.558. The van der Waals surface area contributed by atoms with Crippen molar-refractivity contribution in [2.45, 2.75) is 10.1 Å². The standard InChI is InChI=1S/C10H8N2O4S2/c13-17(14)9-5-1-3-7(11-9)8-4-2-6-10(12-8)18(15)16/h1-6H,(H,13,14)(H,15,16). The molecule has 8 heteroatoms. The van der Waals surface area contributed by atoms with Crippen LogP contribution in [-0.2, 0) is 22.2 Å². The van der Waals surface area contributed by atoms with Crippen molar-refractivity contribution >= 4 is 22.2 Å². The molecule has 2 rings (SSSR count). The topological polar surface area (TPSA) is 100 Å². The molecule has 18 heavy (non-hydrogen) atoms. The molecule has 2 heterocycles. The van der Waals surface area contributed by atoms with Gasteiger partial charge in [0, 0.05) is 0 Å². The number of rotatable bonds is 3. The molecule has 2 atom stereocenters. The van der Waals surface area contributed by atoms with Crippen molar-refractivity contribution in [3.05, 3.63) is 36.4 Å². The molecule has 0 bridgehead atoms. The molecule has 0 radical (unpaired) electrons. The van der Waals surface area contributed by atoms with E-state index in [0.717, 1.165) is 0 Å². The first-order valence-electron chi connectivity index (χ1n) is 4.74. The second-order valence-electron chi connectivity index (χ2n) is 3.22. The van der Waals surface area contributed by atoms with Crippen LogP contribution in [0.2, 0.25) is 0 Å². The largest absolute Gasteiger partial charge is 0.301 e. The normalized spacial score (nSPS) is 14.1. The molecule has 0 aliphatic heterocycles. The molecular formula is C10H8N2O4S2. The van der Waals surface area contributed by atoms with Gasteiger partial charge in [0.05, 0.1) is 11.4 Å². The van der Waals surface area contributed by atoms with Crippen molar-refractivity contribution in [2.24, 2.45) is 0 Å². The zero-order valence-corrected chi connectivity index (χ0v) is 10.5. The highest BCUT2D eigenvalue weighted by atomic mass is 32.2. The molecule has 2 aromatic rings. The quantitative estimate of drug-likeness (QED) is 0.824. The average Bonchev–Trinajstić information content (AvgIpc) is 2.39. The third-order valence-electron chi connectivity index (χ3n) is 2.07. The second-order valence-corrected chi connectivity index (χ2v) is 5.05. The molecule has 0 aromatic carbocycles. The van der Waals surface area contributed by atoms with Gasteiger partial charge in [0.2, 0.25) is 22.2 Å². The fourth-order valence-electron chi connectivity index (χ4n) is 1.31. The molecular weight excluding hydrogens is 276 g/mol. The van der Waals surface area contributed by atoms with Crippen LogP contribution < -0.4 is 0 Å². The monoisotopic (exact) mass is 284 g/mol. The maximum absolute atomic E-state index is 10.9. The van der Waals surface area contributed by atoms with E-state index in [1.165, 1.54) is 12.1 Å². The first-order chi connectivity index (χ1) is 8.58. The van der Waals surface area contributed by atoms with Crippen molar-refractivity contribution in [1.29, 1.82) is 0 Å². The molecule has 6 nitrogen and oxygen atoms in total. The molecule has 0 fully saturated rings. The van der Waals surface area contributed by atoms with E-state index in [9.17, 15) is 8.42 Å². The maximum Gasteiger partial charge on any atom is 0.205 e. The van der Waals surface area contributed by atoms with E-state index in [4.69, 9.17) is 9.11 Å². The van der Waals surface area contributed by atoms with Gasteiger partial charge in [0.25, 0.3) is 0 Å². The molecule has 0 aliphatic rings. The van der Waals surface area contributed by atoms with E-state index in [-0.39, 0.29) is 10.1 Å². The number of hydrogen-bond acceptors (Lipinski definition) is 4. The second kappa shape index (κ2) is 5.44. The van der Waals surface area contributed by atoms with Crippen LogP contribution in [0.5, 0.6) is 0 Å². The smallest absolute Gasteiger partial charge is 0.205 e. The van der Waals surface area contributed by atoms with Crippen LogP contribution in [0.3, 0.4) is 0 Å². The van der Waals surface area contributed by atoms with Gasteiger partial charge in [0.15, 0.2) is 10.1 Å². The third-order valence-corrected chi connectivity index (χ3v) is 3.24. The van der Waals surface area contributed by atoms with E-state index >= 15 is 0 Å². The molecule has 2 unspecified atom stereocenters. The Morgan fingerprint density at radius 3 is 1.50 bits per heavy atom. The van der Waals surface area contributed by atoms with Gasteiger partial charge in [-0.1, -0.05) is 12.1 Å².